The molecule has 1 amide bonds. The summed E-state index contributed by atoms with van der Waals surface area (Å²) in [6, 6.07) is 11.5. The molecule has 0 aliphatic carbocycles. The van der Waals surface area contributed by atoms with Gasteiger partial charge in [0.15, 0.2) is 11.6 Å². The highest BCUT2D eigenvalue weighted by atomic mass is 19.1. The summed E-state index contributed by atoms with van der Waals surface area (Å²) in [5, 5.41) is 6.92. The minimum atomic E-state index is -0.374. The minimum Gasteiger partial charge on any atom is -0.459 e. The van der Waals surface area contributed by atoms with E-state index in [0.717, 1.165) is 5.69 Å². The number of carbonyl (C=O) groups excluding carboxylic acids is 1. The molecule has 1 N–H and O–H groups in total. The Bertz CT molecular complexity index is 794. The van der Waals surface area contributed by atoms with Gasteiger partial charge in [0.05, 0.1) is 12.8 Å². The van der Waals surface area contributed by atoms with Gasteiger partial charge in [-0.3, -0.25) is 9.48 Å². The van der Waals surface area contributed by atoms with Crippen molar-refractivity contribution >= 4 is 11.7 Å². The Labute approximate surface area is 126 Å². The normalized spacial score (nSPS) is 10.6. The first-order valence-electron chi connectivity index (χ1n) is 6.76. The van der Waals surface area contributed by atoms with Crippen molar-refractivity contribution in [3.63, 3.8) is 0 Å². The number of furan rings is 1. The molecule has 0 aliphatic rings. The molecule has 2 heterocycles. The maximum atomic E-state index is 13.7. The molecule has 0 aliphatic heterocycles. The molecule has 112 valence electrons. The van der Waals surface area contributed by atoms with Gasteiger partial charge in [0, 0.05) is 17.3 Å². The smallest absolute Gasteiger partial charge is 0.292 e. The molecule has 6 heteroatoms. The van der Waals surface area contributed by atoms with E-state index in [1.807, 2.05) is 6.92 Å². The van der Waals surface area contributed by atoms with Crippen LogP contribution < -0.4 is 5.32 Å². The molecule has 0 unspecified atom stereocenters. The van der Waals surface area contributed by atoms with Gasteiger partial charge >= 0.3 is 0 Å². The van der Waals surface area contributed by atoms with Crippen LogP contribution in [0.5, 0.6) is 0 Å². The third-order valence-corrected chi connectivity index (χ3v) is 3.25. The number of halogens is 1. The van der Waals surface area contributed by atoms with Crippen LogP contribution in [0.15, 0.2) is 53.1 Å². The van der Waals surface area contributed by atoms with Crippen molar-refractivity contribution in [2.75, 3.05) is 5.32 Å². The summed E-state index contributed by atoms with van der Waals surface area (Å²) in [6.07, 6.45) is 1.43. The predicted molar refractivity (Wildman–Crippen MR) is 79.1 cm³/mol. The molecule has 0 spiro atoms. The van der Waals surface area contributed by atoms with E-state index < -0.39 is 0 Å². The average molecular weight is 299 g/mol. The van der Waals surface area contributed by atoms with Crippen LogP contribution in [0.4, 0.5) is 10.2 Å². The fourth-order valence-corrected chi connectivity index (χ4v) is 2.10. The van der Waals surface area contributed by atoms with Gasteiger partial charge < -0.3 is 9.73 Å². The monoisotopic (exact) mass is 299 g/mol. The van der Waals surface area contributed by atoms with Crippen LogP contribution in [-0.4, -0.2) is 15.7 Å². The molecule has 3 rings (SSSR count). The van der Waals surface area contributed by atoms with Crippen LogP contribution in [0.25, 0.3) is 0 Å². The predicted octanol–water partition coefficient (Wildman–Crippen LogP) is 3.22. The number of hydrogen-bond acceptors (Lipinski definition) is 3. The van der Waals surface area contributed by atoms with Crippen LogP contribution in [0.3, 0.4) is 0 Å². The molecule has 22 heavy (non-hydrogen) atoms. The first-order chi connectivity index (χ1) is 10.6. The number of amides is 1. The second-order valence-electron chi connectivity index (χ2n) is 4.85. The van der Waals surface area contributed by atoms with Gasteiger partial charge in [0.2, 0.25) is 0 Å². The number of anilines is 1. The topological polar surface area (TPSA) is 60.1 Å². The van der Waals surface area contributed by atoms with Crippen molar-refractivity contribution in [3.05, 3.63) is 71.6 Å². The number of aromatic nitrogens is 2. The van der Waals surface area contributed by atoms with E-state index >= 15 is 0 Å². The summed E-state index contributed by atoms with van der Waals surface area (Å²) >= 11 is 0. The highest BCUT2D eigenvalue weighted by Gasteiger charge is 2.12. The van der Waals surface area contributed by atoms with Gasteiger partial charge in [-0.2, -0.15) is 5.10 Å². The summed E-state index contributed by atoms with van der Waals surface area (Å²) in [4.78, 5) is 11.9. The number of carbonyl (C=O) groups is 1. The van der Waals surface area contributed by atoms with Crippen molar-refractivity contribution in [2.24, 2.45) is 0 Å². The largest absolute Gasteiger partial charge is 0.459 e. The summed E-state index contributed by atoms with van der Waals surface area (Å²) < 4.78 is 20.3. The number of rotatable bonds is 4. The molecule has 1 aromatic carbocycles. The fourth-order valence-electron chi connectivity index (χ4n) is 2.10. The van der Waals surface area contributed by atoms with Crippen molar-refractivity contribution in [3.8, 4) is 0 Å². The Balaban J connectivity index is 1.76. The zero-order valence-electron chi connectivity index (χ0n) is 11.9. The second kappa shape index (κ2) is 5.85. The highest BCUT2D eigenvalue weighted by molar-refractivity contribution is 6.01. The SMILES string of the molecule is Cc1cc(NC(=O)c2ccco2)nn1Cc1ccccc1F. The van der Waals surface area contributed by atoms with E-state index in [2.05, 4.69) is 10.4 Å². The Kier molecular flexibility index (Phi) is 3.74. The summed E-state index contributed by atoms with van der Waals surface area (Å²) in [5.41, 5.74) is 1.36. The van der Waals surface area contributed by atoms with Crippen LogP contribution in [-0.2, 0) is 6.54 Å². The van der Waals surface area contributed by atoms with Crippen molar-refractivity contribution < 1.29 is 13.6 Å². The lowest BCUT2D eigenvalue weighted by Gasteiger charge is -2.05. The van der Waals surface area contributed by atoms with Crippen molar-refractivity contribution in [2.45, 2.75) is 13.5 Å². The Hall–Kier alpha value is -2.89. The Morgan fingerprint density at radius 2 is 2.14 bits per heavy atom. The number of nitrogens with zero attached hydrogens (tertiary/aromatic N) is 2. The molecule has 3 aromatic rings. The standard InChI is InChI=1S/C16H14FN3O2/c1-11-9-15(18-16(21)14-7-4-8-22-14)19-20(11)10-12-5-2-3-6-13(12)17/h2-9H,10H2,1H3,(H,18,19,21). The van der Waals surface area contributed by atoms with E-state index in [1.165, 1.54) is 12.3 Å². The first-order valence-corrected chi connectivity index (χ1v) is 6.76. The van der Waals surface area contributed by atoms with Crippen LogP contribution in [0.2, 0.25) is 0 Å². The van der Waals surface area contributed by atoms with Crippen LogP contribution in [0, 0.1) is 12.7 Å². The molecule has 0 saturated heterocycles. The third-order valence-electron chi connectivity index (χ3n) is 3.25. The summed E-state index contributed by atoms with van der Waals surface area (Å²) in [5.74, 6) is -0.0457. The fraction of sp³-hybridized carbons (Fsp3) is 0.125. The Morgan fingerprint density at radius 1 is 1.32 bits per heavy atom. The molecule has 0 fully saturated rings. The highest BCUT2D eigenvalue weighted by Crippen LogP contribution is 2.14. The van der Waals surface area contributed by atoms with Gasteiger partial charge in [-0.1, -0.05) is 18.2 Å². The summed E-state index contributed by atoms with van der Waals surface area (Å²) in [7, 11) is 0. The summed E-state index contributed by atoms with van der Waals surface area (Å²) in [6.45, 7) is 2.14. The lowest BCUT2D eigenvalue weighted by atomic mass is 10.2. The van der Waals surface area contributed by atoms with E-state index in [0.29, 0.717) is 17.9 Å². The molecule has 2 aromatic heterocycles. The molecule has 0 bridgehead atoms. The lowest BCUT2D eigenvalue weighted by Crippen LogP contribution is -2.12. The third kappa shape index (κ3) is 2.90. The maximum absolute atomic E-state index is 13.7. The quantitative estimate of drug-likeness (QED) is 0.804. The van der Waals surface area contributed by atoms with Crippen molar-refractivity contribution in [1.29, 1.82) is 0 Å². The zero-order chi connectivity index (χ0) is 15.5. The Morgan fingerprint density at radius 3 is 2.86 bits per heavy atom. The number of nitrogens with one attached hydrogen (secondary N) is 1. The first kappa shape index (κ1) is 14.1. The molecular formula is C16H14FN3O2. The number of hydrogen-bond donors (Lipinski definition) is 1. The molecule has 0 atom stereocenters. The van der Waals surface area contributed by atoms with Gasteiger partial charge in [0.1, 0.15) is 5.82 Å². The van der Waals surface area contributed by atoms with E-state index in [-0.39, 0.29) is 17.5 Å². The van der Waals surface area contributed by atoms with Gasteiger partial charge in [-0.25, -0.2) is 4.39 Å². The van der Waals surface area contributed by atoms with Crippen LogP contribution in [0.1, 0.15) is 21.8 Å². The van der Waals surface area contributed by atoms with Crippen molar-refractivity contribution in [1.82, 2.24) is 9.78 Å². The lowest BCUT2D eigenvalue weighted by molar-refractivity contribution is 0.0996. The second-order valence-corrected chi connectivity index (χ2v) is 4.85. The van der Waals surface area contributed by atoms with Gasteiger partial charge in [0.25, 0.3) is 5.91 Å². The minimum absolute atomic E-state index is 0.210. The maximum Gasteiger partial charge on any atom is 0.292 e. The number of benzene rings is 1. The molecule has 0 saturated carbocycles. The number of aryl methyl sites for hydroxylation is 1. The van der Waals surface area contributed by atoms with E-state index in [1.54, 1.807) is 41.1 Å². The van der Waals surface area contributed by atoms with Gasteiger partial charge in [-0.15, -0.1) is 0 Å². The average Bonchev–Trinajstić information content (AvgIpc) is 3.12. The van der Waals surface area contributed by atoms with Crippen LogP contribution >= 0.6 is 0 Å². The van der Waals surface area contributed by atoms with E-state index in [4.69, 9.17) is 4.42 Å². The zero-order valence-corrected chi connectivity index (χ0v) is 11.9. The molecular weight excluding hydrogens is 285 g/mol. The van der Waals surface area contributed by atoms with E-state index in [9.17, 15) is 9.18 Å². The van der Waals surface area contributed by atoms with Gasteiger partial charge in [-0.05, 0) is 25.1 Å². The molecule has 0 radical (unpaired) electrons. The molecule has 5 nitrogen and oxygen atoms in total.